The lowest BCUT2D eigenvalue weighted by atomic mass is 9.88. The number of carbonyl (C=O) groups excluding carboxylic acids is 2. The van der Waals surface area contributed by atoms with Gasteiger partial charge in [-0.15, -0.1) is 0 Å². The molecule has 10 nitrogen and oxygen atoms in total. The van der Waals surface area contributed by atoms with Crippen molar-refractivity contribution in [2.45, 2.75) is 0 Å². The largest absolute Gasteiger partial charge is 0.492 e. The first-order chi connectivity index (χ1) is 12.5. The Morgan fingerprint density at radius 2 is 2.04 bits per heavy atom. The van der Waals surface area contributed by atoms with E-state index in [4.69, 9.17) is 10.3 Å². The first-order valence-corrected chi connectivity index (χ1v) is 7.16. The second kappa shape index (κ2) is 6.46. The lowest BCUT2D eigenvalue weighted by Gasteiger charge is -2.19. The van der Waals surface area contributed by atoms with E-state index in [9.17, 15) is 19.7 Å². The van der Waals surface area contributed by atoms with Gasteiger partial charge in [0.05, 0.1) is 23.3 Å². The van der Waals surface area contributed by atoms with Crippen molar-refractivity contribution >= 4 is 17.3 Å². The van der Waals surface area contributed by atoms with E-state index in [1.165, 1.54) is 43.6 Å². The molecule has 10 heteroatoms. The molecular weight excluding hydrogens is 342 g/mol. The Morgan fingerprint density at radius 1 is 1.27 bits per heavy atom. The maximum absolute atomic E-state index is 12.8. The highest BCUT2D eigenvalue weighted by molar-refractivity contribution is 6.27. The van der Waals surface area contributed by atoms with Gasteiger partial charge in [-0.2, -0.15) is 0 Å². The number of ether oxygens (including phenoxy) is 1. The Kier molecular flexibility index (Phi) is 4.17. The molecule has 0 radical (unpaired) electrons. The molecule has 3 rings (SSSR count). The molecule has 0 amide bonds. The van der Waals surface area contributed by atoms with Crippen LogP contribution >= 0.6 is 0 Å². The SMILES string of the molecule is COC1=C(N=[N+]=[N-])C(=O)c2c(ccnc2-c2cccc([N+](=O)[O-])c2)C1=O. The number of rotatable bonds is 4. The Balaban J connectivity index is 2.28. The number of methoxy groups -OCH3 is 1. The van der Waals surface area contributed by atoms with Gasteiger partial charge in [0.2, 0.25) is 11.6 Å². The van der Waals surface area contributed by atoms with Crippen LogP contribution in [0.25, 0.3) is 21.7 Å². The number of Topliss-reactive ketones (excluding diaryl/α,β-unsaturated/α-hetero) is 2. The van der Waals surface area contributed by atoms with Crippen LogP contribution in [-0.4, -0.2) is 28.6 Å². The molecule has 0 saturated carbocycles. The van der Waals surface area contributed by atoms with E-state index in [-0.39, 0.29) is 33.8 Å². The van der Waals surface area contributed by atoms with Gasteiger partial charge in [0.25, 0.3) is 5.69 Å². The molecule has 2 aromatic rings. The molecule has 0 saturated heterocycles. The maximum Gasteiger partial charge on any atom is 0.270 e. The Hall–Kier alpha value is -4.04. The number of aromatic nitrogens is 1. The number of nitro groups is 1. The summed E-state index contributed by atoms with van der Waals surface area (Å²) in [6.45, 7) is 0. The Morgan fingerprint density at radius 3 is 2.69 bits per heavy atom. The highest BCUT2D eigenvalue weighted by Gasteiger charge is 2.35. The fraction of sp³-hybridized carbons (Fsp3) is 0.0625. The average Bonchev–Trinajstić information content (AvgIpc) is 2.65. The Labute approximate surface area is 145 Å². The number of nitro benzene ring substituents is 1. The van der Waals surface area contributed by atoms with Gasteiger partial charge < -0.3 is 4.74 Å². The first kappa shape index (κ1) is 16.8. The fourth-order valence-electron chi connectivity index (χ4n) is 2.64. The number of ketones is 2. The number of nitrogens with zero attached hydrogens (tertiary/aromatic N) is 5. The van der Waals surface area contributed by atoms with E-state index in [1.807, 2.05) is 0 Å². The van der Waals surface area contributed by atoms with E-state index in [2.05, 4.69) is 15.0 Å². The summed E-state index contributed by atoms with van der Waals surface area (Å²) in [6.07, 6.45) is 1.31. The van der Waals surface area contributed by atoms with Gasteiger partial charge in [-0.05, 0) is 11.6 Å². The molecule has 0 spiro atoms. The second-order valence-corrected chi connectivity index (χ2v) is 5.12. The van der Waals surface area contributed by atoms with Gasteiger partial charge in [-0.25, -0.2) is 0 Å². The minimum atomic E-state index is -0.746. The molecule has 0 atom stereocenters. The van der Waals surface area contributed by atoms with Gasteiger partial charge >= 0.3 is 0 Å². The second-order valence-electron chi connectivity index (χ2n) is 5.12. The van der Waals surface area contributed by atoms with Crippen molar-refractivity contribution < 1.29 is 19.2 Å². The molecule has 0 unspecified atom stereocenters. The lowest BCUT2D eigenvalue weighted by molar-refractivity contribution is -0.384. The molecule has 1 aliphatic rings. The highest BCUT2D eigenvalue weighted by Crippen LogP contribution is 2.34. The minimum Gasteiger partial charge on any atom is -0.492 e. The number of hydrogen-bond donors (Lipinski definition) is 0. The van der Waals surface area contributed by atoms with E-state index >= 15 is 0 Å². The molecule has 1 aromatic carbocycles. The molecule has 26 heavy (non-hydrogen) atoms. The summed E-state index contributed by atoms with van der Waals surface area (Å²) in [5, 5.41) is 14.3. The number of pyridine rings is 1. The molecule has 0 N–H and O–H groups in total. The normalized spacial score (nSPS) is 13.1. The van der Waals surface area contributed by atoms with Crippen molar-refractivity contribution in [3.05, 3.63) is 79.7 Å². The number of carbonyl (C=O) groups is 2. The summed E-state index contributed by atoms with van der Waals surface area (Å²) in [7, 11) is 1.18. The summed E-state index contributed by atoms with van der Waals surface area (Å²) < 4.78 is 4.93. The van der Waals surface area contributed by atoms with Gasteiger partial charge in [-0.3, -0.25) is 24.7 Å². The van der Waals surface area contributed by atoms with Gasteiger partial charge in [0, 0.05) is 34.4 Å². The number of benzene rings is 1. The van der Waals surface area contributed by atoms with Crippen molar-refractivity contribution in [1.82, 2.24) is 4.98 Å². The molecule has 1 aromatic heterocycles. The standard InChI is InChI=1S/C16H9N5O5/c1-26-16-13(19-20-17)15(23)11-10(14(16)22)5-6-18-12(11)8-3-2-4-9(7-8)21(24)25/h2-7H,1H3. The third-order valence-electron chi connectivity index (χ3n) is 3.74. The summed E-state index contributed by atoms with van der Waals surface area (Å²) >= 11 is 0. The van der Waals surface area contributed by atoms with E-state index < -0.39 is 22.2 Å². The smallest absolute Gasteiger partial charge is 0.270 e. The third-order valence-corrected chi connectivity index (χ3v) is 3.74. The van der Waals surface area contributed by atoms with Crippen LogP contribution in [0.3, 0.4) is 0 Å². The van der Waals surface area contributed by atoms with E-state index in [1.54, 1.807) is 0 Å². The highest BCUT2D eigenvalue weighted by atomic mass is 16.6. The fourth-order valence-corrected chi connectivity index (χ4v) is 2.64. The monoisotopic (exact) mass is 351 g/mol. The molecule has 0 bridgehead atoms. The number of non-ortho nitro benzene ring substituents is 1. The van der Waals surface area contributed by atoms with Gasteiger partial charge in [0.15, 0.2) is 5.76 Å². The zero-order chi connectivity index (χ0) is 18.8. The number of hydrogen-bond acceptors (Lipinski definition) is 7. The van der Waals surface area contributed by atoms with Gasteiger partial charge in [0.1, 0.15) is 5.70 Å². The van der Waals surface area contributed by atoms with Crippen LogP contribution in [0.2, 0.25) is 0 Å². The molecule has 1 aliphatic carbocycles. The molecule has 1 heterocycles. The van der Waals surface area contributed by atoms with Crippen LogP contribution in [0.15, 0.2) is 53.1 Å². The van der Waals surface area contributed by atoms with Crippen LogP contribution in [-0.2, 0) is 4.74 Å². The van der Waals surface area contributed by atoms with Crippen molar-refractivity contribution in [3.8, 4) is 11.3 Å². The quantitative estimate of drug-likeness (QED) is 0.271. The van der Waals surface area contributed by atoms with Crippen LogP contribution in [0, 0.1) is 10.1 Å². The molecule has 128 valence electrons. The summed E-state index contributed by atoms with van der Waals surface area (Å²) in [5.74, 6) is -1.75. The summed E-state index contributed by atoms with van der Waals surface area (Å²) in [6, 6.07) is 6.83. The number of azide groups is 1. The van der Waals surface area contributed by atoms with Crippen LogP contribution in [0.4, 0.5) is 5.69 Å². The molecular formula is C16H9N5O5. The topological polar surface area (TPSA) is 148 Å². The van der Waals surface area contributed by atoms with Gasteiger partial charge in [-0.1, -0.05) is 17.2 Å². The van der Waals surface area contributed by atoms with Crippen molar-refractivity contribution in [2.24, 2.45) is 5.11 Å². The van der Waals surface area contributed by atoms with Crippen molar-refractivity contribution in [3.63, 3.8) is 0 Å². The predicted molar refractivity (Wildman–Crippen MR) is 88.2 cm³/mol. The molecule has 0 aliphatic heterocycles. The number of allylic oxidation sites excluding steroid dienone is 2. The summed E-state index contributed by atoms with van der Waals surface area (Å²) in [4.78, 5) is 42.5. The van der Waals surface area contributed by atoms with Crippen molar-refractivity contribution in [1.29, 1.82) is 0 Å². The van der Waals surface area contributed by atoms with E-state index in [0.717, 1.165) is 0 Å². The minimum absolute atomic E-state index is 0.0141. The predicted octanol–water partition coefficient (Wildman–Crippen LogP) is 3.20. The first-order valence-electron chi connectivity index (χ1n) is 7.16. The molecule has 0 fully saturated rings. The van der Waals surface area contributed by atoms with Crippen LogP contribution < -0.4 is 0 Å². The van der Waals surface area contributed by atoms with Crippen LogP contribution in [0.5, 0.6) is 0 Å². The van der Waals surface area contributed by atoms with Crippen LogP contribution in [0.1, 0.15) is 20.7 Å². The van der Waals surface area contributed by atoms with Crippen molar-refractivity contribution in [2.75, 3.05) is 7.11 Å². The number of fused-ring (bicyclic) bond motifs is 1. The average molecular weight is 351 g/mol. The lowest BCUT2D eigenvalue weighted by Crippen LogP contribution is -2.23. The zero-order valence-corrected chi connectivity index (χ0v) is 13.2. The zero-order valence-electron chi connectivity index (χ0n) is 13.2. The third kappa shape index (κ3) is 2.56. The Bertz CT molecular complexity index is 1050. The maximum atomic E-state index is 12.8. The van der Waals surface area contributed by atoms with E-state index in [0.29, 0.717) is 0 Å². The summed E-state index contributed by atoms with van der Waals surface area (Å²) in [5.41, 5.74) is 8.28.